The molecule has 6 heteroatoms. The Morgan fingerprint density at radius 1 is 1.29 bits per heavy atom. The van der Waals surface area contributed by atoms with Gasteiger partial charge in [-0.2, -0.15) is 4.37 Å². The van der Waals surface area contributed by atoms with E-state index in [-0.39, 0.29) is 0 Å². The third-order valence-corrected chi connectivity index (χ3v) is 4.06. The quantitative estimate of drug-likeness (QED) is 0.921. The average Bonchev–Trinajstić information content (AvgIpc) is 2.64. The summed E-state index contributed by atoms with van der Waals surface area (Å²) in [6.45, 7) is 1.93. The molecule has 3 rings (SSSR count). The lowest BCUT2D eigenvalue weighted by molar-refractivity contribution is 0.434. The van der Waals surface area contributed by atoms with Gasteiger partial charge in [-0.25, -0.2) is 4.98 Å². The van der Waals surface area contributed by atoms with Gasteiger partial charge in [0, 0.05) is 29.6 Å². The van der Waals surface area contributed by atoms with Crippen LogP contribution in [0.4, 0.5) is 0 Å². The minimum Gasteiger partial charge on any atom is -0.315 e. The molecule has 1 aliphatic heterocycles. The first-order valence-electron chi connectivity index (χ1n) is 5.24. The predicted octanol–water partition coefficient (Wildman–Crippen LogP) is 3.20. The van der Waals surface area contributed by atoms with Crippen molar-refractivity contribution in [2.75, 3.05) is 13.1 Å². The summed E-state index contributed by atoms with van der Waals surface area (Å²) in [7, 11) is 0. The summed E-state index contributed by atoms with van der Waals surface area (Å²) in [6, 6.07) is 5.42. The minimum absolute atomic E-state index is 0.450. The molecule has 0 amide bonds. The summed E-state index contributed by atoms with van der Waals surface area (Å²) in [5.41, 5.74) is 0.895. The highest BCUT2D eigenvalue weighted by Crippen LogP contribution is 2.32. The van der Waals surface area contributed by atoms with Crippen LogP contribution < -0.4 is 5.32 Å². The van der Waals surface area contributed by atoms with E-state index in [2.05, 4.69) is 14.7 Å². The highest BCUT2D eigenvalue weighted by atomic mass is 35.5. The van der Waals surface area contributed by atoms with Gasteiger partial charge < -0.3 is 5.32 Å². The van der Waals surface area contributed by atoms with Gasteiger partial charge in [0.2, 0.25) is 0 Å². The number of aromatic nitrogens is 2. The maximum Gasteiger partial charge on any atom is 0.148 e. The Morgan fingerprint density at radius 3 is 2.76 bits per heavy atom. The van der Waals surface area contributed by atoms with Crippen LogP contribution in [0, 0.1) is 0 Å². The molecular weight excluding hydrogens is 277 g/mol. The van der Waals surface area contributed by atoms with Gasteiger partial charge in [0.25, 0.3) is 0 Å². The minimum atomic E-state index is 0.450. The molecule has 0 spiro atoms. The van der Waals surface area contributed by atoms with Crippen molar-refractivity contribution in [2.45, 2.75) is 5.92 Å². The summed E-state index contributed by atoms with van der Waals surface area (Å²) in [6.07, 6.45) is 0. The number of benzene rings is 1. The van der Waals surface area contributed by atoms with E-state index in [1.54, 1.807) is 6.07 Å². The Morgan fingerprint density at radius 2 is 2.12 bits per heavy atom. The van der Waals surface area contributed by atoms with Crippen molar-refractivity contribution in [3.63, 3.8) is 0 Å². The molecule has 2 aromatic rings. The van der Waals surface area contributed by atoms with Crippen molar-refractivity contribution >= 4 is 34.7 Å². The molecule has 1 aliphatic rings. The van der Waals surface area contributed by atoms with Gasteiger partial charge in [-0.3, -0.25) is 0 Å². The highest BCUT2D eigenvalue weighted by molar-refractivity contribution is 7.09. The molecule has 1 saturated heterocycles. The van der Waals surface area contributed by atoms with E-state index < -0.39 is 0 Å². The van der Waals surface area contributed by atoms with E-state index in [0.29, 0.717) is 16.0 Å². The molecule has 0 unspecified atom stereocenters. The molecule has 0 atom stereocenters. The second-order valence-electron chi connectivity index (χ2n) is 3.94. The van der Waals surface area contributed by atoms with Crippen LogP contribution in [0.3, 0.4) is 0 Å². The van der Waals surface area contributed by atoms with Crippen LogP contribution in [-0.2, 0) is 0 Å². The van der Waals surface area contributed by atoms with Gasteiger partial charge in [-0.1, -0.05) is 23.2 Å². The third-order valence-electron chi connectivity index (χ3n) is 2.75. The Hall–Kier alpha value is -0.680. The van der Waals surface area contributed by atoms with E-state index in [1.807, 2.05) is 12.1 Å². The van der Waals surface area contributed by atoms with Crippen molar-refractivity contribution < 1.29 is 0 Å². The van der Waals surface area contributed by atoms with Crippen molar-refractivity contribution in [1.82, 2.24) is 14.7 Å². The molecule has 0 aliphatic carbocycles. The summed E-state index contributed by atoms with van der Waals surface area (Å²) >= 11 is 13.4. The number of hydrogen-bond acceptors (Lipinski definition) is 4. The Balaban J connectivity index is 1.94. The third kappa shape index (κ3) is 2.18. The number of halogens is 2. The molecule has 3 nitrogen and oxygen atoms in total. The lowest BCUT2D eigenvalue weighted by Crippen LogP contribution is -2.40. The van der Waals surface area contributed by atoms with Crippen LogP contribution in [0.5, 0.6) is 0 Å². The molecule has 1 aromatic carbocycles. The smallest absolute Gasteiger partial charge is 0.148 e. The second kappa shape index (κ2) is 4.53. The second-order valence-corrected chi connectivity index (χ2v) is 5.53. The molecular formula is C11H9Cl2N3S. The zero-order valence-corrected chi connectivity index (χ0v) is 11.1. The van der Waals surface area contributed by atoms with Crippen LogP contribution in [-0.4, -0.2) is 22.4 Å². The summed E-state index contributed by atoms with van der Waals surface area (Å²) in [5, 5.41) is 5.31. The van der Waals surface area contributed by atoms with E-state index in [1.165, 1.54) is 11.5 Å². The Kier molecular flexibility index (Phi) is 3.04. The number of hydrogen-bond donors (Lipinski definition) is 1. The molecule has 0 bridgehead atoms. The average molecular weight is 286 g/mol. The first-order chi connectivity index (χ1) is 8.24. The van der Waals surface area contributed by atoms with Gasteiger partial charge in [0.1, 0.15) is 10.8 Å². The number of nitrogens with one attached hydrogen (secondary N) is 1. The van der Waals surface area contributed by atoms with Crippen molar-refractivity contribution in [2.24, 2.45) is 0 Å². The predicted molar refractivity (Wildman–Crippen MR) is 71.0 cm³/mol. The Labute approximate surface area is 113 Å². The van der Waals surface area contributed by atoms with Crippen LogP contribution >= 0.6 is 34.7 Å². The normalized spacial score (nSPS) is 15.9. The molecule has 0 radical (unpaired) electrons. The molecule has 1 N–H and O–H groups in total. The van der Waals surface area contributed by atoms with Gasteiger partial charge >= 0.3 is 0 Å². The van der Waals surface area contributed by atoms with Gasteiger partial charge in [0.15, 0.2) is 0 Å². The largest absolute Gasteiger partial charge is 0.315 e. The maximum atomic E-state index is 6.14. The summed E-state index contributed by atoms with van der Waals surface area (Å²) in [4.78, 5) is 4.53. The van der Waals surface area contributed by atoms with E-state index >= 15 is 0 Å². The van der Waals surface area contributed by atoms with E-state index in [0.717, 1.165) is 29.5 Å². The molecule has 2 heterocycles. The maximum absolute atomic E-state index is 6.14. The molecule has 1 aromatic heterocycles. The fourth-order valence-corrected chi connectivity index (χ4v) is 2.98. The van der Waals surface area contributed by atoms with E-state index in [9.17, 15) is 0 Å². The fourth-order valence-electron chi connectivity index (χ4n) is 1.64. The zero-order valence-electron chi connectivity index (χ0n) is 8.78. The molecule has 88 valence electrons. The van der Waals surface area contributed by atoms with Crippen LogP contribution in [0.25, 0.3) is 10.6 Å². The molecule has 17 heavy (non-hydrogen) atoms. The van der Waals surface area contributed by atoms with Crippen LogP contribution in [0.15, 0.2) is 18.2 Å². The first-order valence-corrected chi connectivity index (χ1v) is 6.77. The topological polar surface area (TPSA) is 37.8 Å². The zero-order chi connectivity index (χ0) is 11.8. The van der Waals surface area contributed by atoms with Crippen molar-refractivity contribution in [3.8, 4) is 10.6 Å². The van der Waals surface area contributed by atoms with Gasteiger partial charge in [-0.05, 0) is 29.7 Å². The van der Waals surface area contributed by atoms with E-state index in [4.69, 9.17) is 23.2 Å². The monoisotopic (exact) mass is 285 g/mol. The fraction of sp³-hybridized carbons (Fsp3) is 0.273. The summed E-state index contributed by atoms with van der Waals surface area (Å²) in [5.74, 6) is 1.36. The van der Waals surface area contributed by atoms with Crippen molar-refractivity contribution in [3.05, 3.63) is 34.1 Å². The summed E-state index contributed by atoms with van der Waals surface area (Å²) < 4.78 is 4.38. The SMILES string of the molecule is Clc1ccc(-c2nc(C3CNC3)ns2)c(Cl)c1. The van der Waals surface area contributed by atoms with Crippen LogP contribution in [0.1, 0.15) is 11.7 Å². The Bertz CT molecular complexity index is 551. The van der Waals surface area contributed by atoms with Gasteiger partial charge in [-0.15, -0.1) is 0 Å². The van der Waals surface area contributed by atoms with Crippen LogP contribution in [0.2, 0.25) is 10.0 Å². The van der Waals surface area contributed by atoms with Gasteiger partial charge in [0.05, 0.1) is 5.02 Å². The first kappa shape index (κ1) is 11.4. The van der Waals surface area contributed by atoms with Crippen molar-refractivity contribution in [1.29, 1.82) is 0 Å². The molecule has 1 fully saturated rings. The lowest BCUT2D eigenvalue weighted by Gasteiger charge is -2.23. The lowest BCUT2D eigenvalue weighted by atomic mass is 10.0. The molecule has 0 saturated carbocycles. The number of nitrogens with zero attached hydrogens (tertiary/aromatic N) is 2. The highest BCUT2D eigenvalue weighted by Gasteiger charge is 2.23. The number of rotatable bonds is 2. The standard InChI is InChI=1S/C11H9Cl2N3S/c12-7-1-2-8(9(13)3-7)11-15-10(16-17-11)6-4-14-5-6/h1-3,6,14H,4-5H2.